The molecule has 2 aromatic heterocycles. The average molecular weight is 242 g/mol. The minimum Gasteiger partial charge on any atom is -0.338 e. The Hall–Kier alpha value is -2.14. The van der Waals surface area contributed by atoms with Gasteiger partial charge in [-0.15, -0.1) is 0 Å². The van der Waals surface area contributed by atoms with Gasteiger partial charge in [0.15, 0.2) is 5.82 Å². The number of benzene rings is 1. The van der Waals surface area contributed by atoms with Gasteiger partial charge in [-0.2, -0.15) is 4.98 Å². The molecular weight excluding hydrogens is 228 g/mol. The first-order valence-electron chi connectivity index (χ1n) is 5.84. The molecule has 0 fully saturated rings. The molecule has 0 aliphatic rings. The quantitative estimate of drug-likeness (QED) is 0.760. The van der Waals surface area contributed by atoms with Gasteiger partial charge in [0.1, 0.15) is 6.54 Å². The lowest BCUT2D eigenvalue weighted by Crippen LogP contribution is -2.03. The van der Waals surface area contributed by atoms with Crippen molar-refractivity contribution < 1.29 is 4.52 Å². The van der Waals surface area contributed by atoms with Crippen LogP contribution in [0.4, 0.5) is 0 Å². The average Bonchev–Trinajstić information content (AvgIpc) is 2.97. The molecule has 92 valence electrons. The van der Waals surface area contributed by atoms with E-state index in [0.29, 0.717) is 24.8 Å². The molecule has 2 heterocycles. The minimum absolute atomic E-state index is 0.518. The Kier molecular flexibility index (Phi) is 2.60. The summed E-state index contributed by atoms with van der Waals surface area (Å²) >= 11 is 0. The number of aryl methyl sites for hydroxylation is 1. The third kappa shape index (κ3) is 1.78. The van der Waals surface area contributed by atoms with E-state index in [1.54, 1.807) is 0 Å². The summed E-state index contributed by atoms with van der Waals surface area (Å²) in [6, 6.07) is 8.20. The van der Waals surface area contributed by atoms with Crippen molar-refractivity contribution in [2.24, 2.45) is 5.73 Å². The lowest BCUT2D eigenvalue weighted by Gasteiger charge is -2.06. The summed E-state index contributed by atoms with van der Waals surface area (Å²) in [6.45, 7) is 2.90. The SMILES string of the molecule is Cc1noc(Cn2ccc3cccc(CN)c32)n1. The Morgan fingerprint density at radius 2 is 2.22 bits per heavy atom. The zero-order valence-corrected chi connectivity index (χ0v) is 10.1. The van der Waals surface area contributed by atoms with Crippen molar-refractivity contribution >= 4 is 10.9 Å². The summed E-state index contributed by atoms with van der Waals surface area (Å²) in [4.78, 5) is 4.22. The Labute approximate surface area is 104 Å². The van der Waals surface area contributed by atoms with E-state index in [-0.39, 0.29) is 0 Å². The van der Waals surface area contributed by atoms with Crippen LogP contribution in [0.3, 0.4) is 0 Å². The number of hydrogen-bond acceptors (Lipinski definition) is 4. The smallest absolute Gasteiger partial charge is 0.246 e. The van der Waals surface area contributed by atoms with Crippen molar-refractivity contribution in [3.8, 4) is 0 Å². The van der Waals surface area contributed by atoms with Gasteiger partial charge in [-0.05, 0) is 23.9 Å². The maximum Gasteiger partial charge on any atom is 0.246 e. The van der Waals surface area contributed by atoms with Crippen molar-refractivity contribution in [2.75, 3.05) is 0 Å². The van der Waals surface area contributed by atoms with Gasteiger partial charge < -0.3 is 14.8 Å². The van der Waals surface area contributed by atoms with Crippen LogP contribution < -0.4 is 5.73 Å². The predicted molar refractivity (Wildman–Crippen MR) is 68.0 cm³/mol. The fourth-order valence-corrected chi connectivity index (χ4v) is 2.19. The monoisotopic (exact) mass is 242 g/mol. The molecule has 0 atom stereocenters. The molecule has 0 radical (unpaired) electrons. The van der Waals surface area contributed by atoms with Crippen LogP contribution in [0, 0.1) is 6.92 Å². The number of para-hydroxylation sites is 1. The number of aromatic nitrogens is 3. The molecule has 0 unspecified atom stereocenters. The van der Waals surface area contributed by atoms with Crippen LogP contribution in [0.25, 0.3) is 10.9 Å². The lowest BCUT2D eigenvalue weighted by molar-refractivity contribution is 0.369. The molecular formula is C13H14N4O. The molecule has 0 aliphatic heterocycles. The van der Waals surface area contributed by atoms with E-state index in [2.05, 4.69) is 26.8 Å². The van der Waals surface area contributed by atoms with Crippen molar-refractivity contribution in [1.29, 1.82) is 0 Å². The highest BCUT2D eigenvalue weighted by Crippen LogP contribution is 2.20. The largest absolute Gasteiger partial charge is 0.338 e. The molecule has 3 rings (SSSR count). The molecule has 0 amide bonds. The summed E-state index contributed by atoms with van der Waals surface area (Å²) < 4.78 is 7.23. The standard InChI is InChI=1S/C13H14N4O/c1-9-15-12(18-16-9)8-17-6-5-10-3-2-4-11(7-14)13(10)17/h2-6H,7-8,14H2,1H3. The van der Waals surface area contributed by atoms with E-state index in [4.69, 9.17) is 10.3 Å². The summed E-state index contributed by atoms with van der Waals surface area (Å²) in [5, 5.41) is 4.97. The Morgan fingerprint density at radius 1 is 1.33 bits per heavy atom. The van der Waals surface area contributed by atoms with Gasteiger partial charge in [0.25, 0.3) is 0 Å². The predicted octanol–water partition coefficient (Wildman–Crippen LogP) is 1.84. The molecule has 3 aromatic rings. The second kappa shape index (κ2) is 4.27. The van der Waals surface area contributed by atoms with Gasteiger partial charge in [-0.25, -0.2) is 0 Å². The van der Waals surface area contributed by atoms with Crippen molar-refractivity contribution in [3.63, 3.8) is 0 Å². The van der Waals surface area contributed by atoms with Gasteiger partial charge >= 0.3 is 0 Å². The molecule has 1 aromatic carbocycles. The molecule has 0 aliphatic carbocycles. The fraction of sp³-hybridized carbons (Fsp3) is 0.231. The van der Waals surface area contributed by atoms with Gasteiger partial charge in [-0.3, -0.25) is 0 Å². The highest BCUT2D eigenvalue weighted by molar-refractivity contribution is 5.83. The topological polar surface area (TPSA) is 69.9 Å². The summed E-state index contributed by atoms with van der Waals surface area (Å²) in [5.41, 5.74) is 8.03. The number of nitrogens with two attached hydrogens (primary N) is 1. The molecule has 0 saturated heterocycles. The second-order valence-corrected chi connectivity index (χ2v) is 4.24. The zero-order valence-electron chi connectivity index (χ0n) is 10.1. The van der Waals surface area contributed by atoms with Crippen LogP contribution in [0.15, 0.2) is 35.0 Å². The van der Waals surface area contributed by atoms with Crippen LogP contribution >= 0.6 is 0 Å². The van der Waals surface area contributed by atoms with Crippen LogP contribution in [-0.4, -0.2) is 14.7 Å². The molecule has 18 heavy (non-hydrogen) atoms. The second-order valence-electron chi connectivity index (χ2n) is 4.24. The van der Waals surface area contributed by atoms with Gasteiger partial charge in [-0.1, -0.05) is 23.4 Å². The molecule has 0 bridgehead atoms. The normalized spacial score (nSPS) is 11.2. The Bertz CT molecular complexity index is 683. The number of fused-ring (bicyclic) bond motifs is 1. The fourth-order valence-electron chi connectivity index (χ4n) is 2.19. The van der Waals surface area contributed by atoms with Crippen molar-refractivity contribution in [2.45, 2.75) is 20.0 Å². The van der Waals surface area contributed by atoms with Crippen LogP contribution in [0.2, 0.25) is 0 Å². The van der Waals surface area contributed by atoms with Crippen LogP contribution in [0.5, 0.6) is 0 Å². The zero-order chi connectivity index (χ0) is 12.5. The van der Waals surface area contributed by atoms with E-state index in [0.717, 1.165) is 11.1 Å². The lowest BCUT2D eigenvalue weighted by atomic mass is 10.1. The third-order valence-corrected chi connectivity index (χ3v) is 2.97. The van der Waals surface area contributed by atoms with Crippen molar-refractivity contribution in [3.05, 3.63) is 47.7 Å². The summed E-state index contributed by atoms with van der Waals surface area (Å²) in [6.07, 6.45) is 2.02. The first-order valence-corrected chi connectivity index (χ1v) is 5.84. The molecule has 0 saturated carbocycles. The highest BCUT2D eigenvalue weighted by Gasteiger charge is 2.09. The molecule has 2 N–H and O–H groups in total. The van der Waals surface area contributed by atoms with E-state index in [1.165, 1.54) is 5.39 Å². The summed E-state index contributed by atoms with van der Waals surface area (Å²) in [7, 11) is 0. The number of hydrogen-bond donors (Lipinski definition) is 1. The van der Waals surface area contributed by atoms with Crippen LogP contribution in [-0.2, 0) is 13.1 Å². The molecule has 0 spiro atoms. The van der Waals surface area contributed by atoms with Gasteiger partial charge in [0.05, 0.1) is 5.52 Å². The molecule has 5 heteroatoms. The van der Waals surface area contributed by atoms with E-state index in [9.17, 15) is 0 Å². The minimum atomic E-state index is 0.518. The van der Waals surface area contributed by atoms with E-state index < -0.39 is 0 Å². The van der Waals surface area contributed by atoms with Gasteiger partial charge in [0.2, 0.25) is 5.89 Å². The van der Waals surface area contributed by atoms with E-state index >= 15 is 0 Å². The van der Waals surface area contributed by atoms with Crippen molar-refractivity contribution in [1.82, 2.24) is 14.7 Å². The highest BCUT2D eigenvalue weighted by atomic mass is 16.5. The first kappa shape index (κ1) is 11.0. The Balaban J connectivity index is 2.06. The maximum absolute atomic E-state index is 5.78. The number of rotatable bonds is 3. The Morgan fingerprint density at radius 3 is 2.94 bits per heavy atom. The van der Waals surface area contributed by atoms with Gasteiger partial charge in [0, 0.05) is 12.7 Å². The summed E-state index contributed by atoms with van der Waals surface area (Å²) in [5.74, 6) is 1.26. The maximum atomic E-state index is 5.78. The number of nitrogens with zero attached hydrogens (tertiary/aromatic N) is 3. The van der Waals surface area contributed by atoms with Crippen LogP contribution in [0.1, 0.15) is 17.3 Å². The first-order chi connectivity index (χ1) is 8.78. The molecule has 5 nitrogen and oxygen atoms in total. The third-order valence-electron chi connectivity index (χ3n) is 2.97. The van der Waals surface area contributed by atoms with E-state index in [1.807, 2.05) is 25.3 Å².